The van der Waals surface area contributed by atoms with Crippen LogP contribution in [0.5, 0.6) is 0 Å². The van der Waals surface area contributed by atoms with Crippen LogP contribution in [0.4, 0.5) is 10.5 Å². The van der Waals surface area contributed by atoms with Gasteiger partial charge in [-0.3, -0.25) is 14.6 Å². The van der Waals surface area contributed by atoms with Crippen molar-refractivity contribution in [1.29, 1.82) is 0 Å². The van der Waals surface area contributed by atoms with Gasteiger partial charge in [0.15, 0.2) is 0 Å². The molecular formula is C14H12ClN3O2S. The first-order valence-corrected chi connectivity index (χ1v) is 7.76. The highest BCUT2D eigenvalue weighted by Gasteiger charge is 2.23. The number of nitrogens with one attached hydrogen (secondary N) is 1. The van der Waals surface area contributed by atoms with Crippen molar-refractivity contribution in [1.82, 2.24) is 9.88 Å². The number of halogens is 1. The molecule has 0 radical (unpaired) electrons. The van der Waals surface area contributed by atoms with E-state index in [-0.39, 0.29) is 17.7 Å². The normalized spacial score (nSPS) is 14.7. The van der Waals surface area contributed by atoms with Crippen molar-refractivity contribution < 1.29 is 9.59 Å². The van der Waals surface area contributed by atoms with Crippen LogP contribution in [-0.2, 0) is 4.79 Å². The summed E-state index contributed by atoms with van der Waals surface area (Å²) in [6, 6.07) is 7.14. The molecule has 1 saturated heterocycles. The lowest BCUT2D eigenvalue weighted by molar-refractivity contribution is -0.116. The van der Waals surface area contributed by atoms with Crippen molar-refractivity contribution in [3.05, 3.63) is 35.5 Å². The predicted octanol–water partition coefficient (Wildman–Crippen LogP) is 3.00. The maximum atomic E-state index is 12.1. The average molecular weight is 322 g/mol. The summed E-state index contributed by atoms with van der Waals surface area (Å²) in [6.07, 6.45) is 1.66. The molecule has 108 valence electrons. The van der Waals surface area contributed by atoms with E-state index in [4.69, 9.17) is 11.6 Å². The van der Waals surface area contributed by atoms with Crippen molar-refractivity contribution in [3.63, 3.8) is 0 Å². The second kappa shape index (κ2) is 5.91. The summed E-state index contributed by atoms with van der Waals surface area (Å²) in [7, 11) is 0. The van der Waals surface area contributed by atoms with Crippen LogP contribution in [0, 0.1) is 0 Å². The highest BCUT2D eigenvalue weighted by molar-refractivity contribution is 8.13. The van der Waals surface area contributed by atoms with Crippen LogP contribution in [0.2, 0.25) is 5.02 Å². The molecule has 0 spiro atoms. The smallest absolute Gasteiger partial charge is 0.282 e. The van der Waals surface area contributed by atoms with E-state index in [9.17, 15) is 9.59 Å². The van der Waals surface area contributed by atoms with Crippen molar-refractivity contribution in [2.75, 3.05) is 24.2 Å². The highest BCUT2D eigenvalue weighted by atomic mass is 35.5. The van der Waals surface area contributed by atoms with Gasteiger partial charge in [0.2, 0.25) is 5.91 Å². The van der Waals surface area contributed by atoms with Crippen LogP contribution in [0.25, 0.3) is 10.9 Å². The minimum Gasteiger partial charge on any atom is -0.323 e. The minimum absolute atomic E-state index is 0.0483. The number of rotatable bonds is 3. The number of hydrogen-bond acceptors (Lipinski definition) is 4. The number of amides is 2. The van der Waals surface area contributed by atoms with E-state index >= 15 is 0 Å². The molecule has 1 aromatic carbocycles. The molecule has 5 nitrogen and oxygen atoms in total. The van der Waals surface area contributed by atoms with E-state index in [1.165, 1.54) is 16.7 Å². The summed E-state index contributed by atoms with van der Waals surface area (Å²) in [6.45, 7) is 0.651. The zero-order valence-electron chi connectivity index (χ0n) is 11.0. The van der Waals surface area contributed by atoms with Gasteiger partial charge in [-0.15, -0.1) is 0 Å². The third-order valence-corrected chi connectivity index (χ3v) is 4.23. The first kappa shape index (κ1) is 14.2. The largest absolute Gasteiger partial charge is 0.323 e. The van der Waals surface area contributed by atoms with Crippen LogP contribution in [0.3, 0.4) is 0 Å². The van der Waals surface area contributed by atoms with Gasteiger partial charge >= 0.3 is 0 Å². The molecule has 2 heterocycles. The molecule has 0 aliphatic carbocycles. The fourth-order valence-electron chi connectivity index (χ4n) is 2.18. The second-order valence-electron chi connectivity index (χ2n) is 4.61. The molecule has 2 aromatic rings. The van der Waals surface area contributed by atoms with Gasteiger partial charge in [-0.05, 0) is 18.2 Å². The molecule has 21 heavy (non-hydrogen) atoms. The van der Waals surface area contributed by atoms with Gasteiger partial charge in [0.1, 0.15) is 6.54 Å². The Hall–Kier alpha value is -1.79. The van der Waals surface area contributed by atoms with Crippen LogP contribution in [-0.4, -0.2) is 39.9 Å². The monoisotopic (exact) mass is 321 g/mol. The molecule has 0 atom stereocenters. The number of carbonyl (C=O) groups excluding carboxylic acids is 2. The first-order valence-electron chi connectivity index (χ1n) is 6.39. The van der Waals surface area contributed by atoms with Gasteiger partial charge in [0, 0.05) is 28.9 Å². The van der Waals surface area contributed by atoms with Gasteiger partial charge < -0.3 is 10.2 Å². The van der Waals surface area contributed by atoms with E-state index in [1.807, 2.05) is 12.1 Å². The standard InChI is InChI=1S/C14H12ClN3O2S/c15-10-6-9-2-1-3-16-13(9)11(7-10)17-12(19)8-18-4-5-21-14(18)20/h1-3,6-7H,4-5,8H2,(H,17,19). The number of hydrogen-bond donors (Lipinski definition) is 1. The molecule has 1 aliphatic heterocycles. The lowest BCUT2D eigenvalue weighted by atomic mass is 10.2. The van der Waals surface area contributed by atoms with Crippen molar-refractivity contribution in [3.8, 4) is 0 Å². The van der Waals surface area contributed by atoms with E-state index in [1.54, 1.807) is 18.3 Å². The summed E-state index contributed by atoms with van der Waals surface area (Å²) in [5, 5.41) is 4.11. The lowest BCUT2D eigenvalue weighted by Gasteiger charge is -2.14. The summed E-state index contributed by atoms with van der Waals surface area (Å²) in [5.74, 6) is 0.480. The molecule has 3 rings (SSSR count). The Morgan fingerprint density at radius 2 is 2.33 bits per heavy atom. The molecule has 2 amide bonds. The molecule has 0 saturated carbocycles. The van der Waals surface area contributed by atoms with Gasteiger partial charge in [-0.1, -0.05) is 29.4 Å². The van der Waals surface area contributed by atoms with Crippen LogP contribution >= 0.6 is 23.4 Å². The summed E-state index contributed by atoms with van der Waals surface area (Å²) in [5.41, 5.74) is 1.24. The summed E-state index contributed by atoms with van der Waals surface area (Å²) in [4.78, 5) is 29.4. The van der Waals surface area contributed by atoms with Crippen molar-refractivity contribution in [2.45, 2.75) is 0 Å². The molecule has 1 aliphatic rings. The number of thioether (sulfide) groups is 1. The van der Waals surface area contributed by atoms with Gasteiger partial charge in [0.25, 0.3) is 5.24 Å². The number of carbonyl (C=O) groups is 2. The Balaban J connectivity index is 1.81. The fourth-order valence-corrected chi connectivity index (χ4v) is 3.23. The van der Waals surface area contributed by atoms with E-state index in [0.29, 0.717) is 22.8 Å². The SMILES string of the molecule is O=C(CN1CCSC1=O)Nc1cc(Cl)cc2cccnc12. The maximum absolute atomic E-state index is 12.1. The zero-order valence-corrected chi connectivity index (χ0v) is 12.6. The topological polar surface area (TPSA) is 62.3 Å². The third kappa shape index (κ3) is 3.11. The predicted molar refractivity (Wildman–Crippen MR) is 84.8 cm³/mol. The number of nitrogens with zero attached hydrogens (tertiary/aromatic N) is 2. The number of pyridine rings is 1. The minimum atomic E-state index is -0.250. The average Bonchev–Trinajstić information content (AvgIpc) is 2.84. The molecule has 1 N–H and O–H groups in total. The van der Waals surface area contributed by atoms with E-state index < -0.39 is 0 Å². The number of fused-ring (bicyclic) bond motifs is 1. The number of benzene rings is 1. The van der Waals surface area contributed by atoms with Crippen LogP contribution < -0.4 is 5.32 Å². The number of aromatic nitrogens is 1. The second-order valence-corrected chi connectivity index (χ2v) is 6.10. The van der Waals surface area contributed by atoms with Crippen molar-refractivity contribution in [2.24, 2.45) is 0 Å². The summed E-state index contributed by atoms with van der Waals surface area (Å²) >= 11 is 7.29. The Bertz CT molecular complexity index is 722. The molecule has 1 aromatic heterocycles. The maximum Gasteiger partial charge on any atom is 0.282 e. The van der Waals surface area contributed by atoms with E-state index in [0.717, 1.165) is 11.1 Å². The van der Waals surface area contributed by atoms with Crippen LogP contribution in [0.15, 0.2) is 30.5 Å². The number of anilines is 1. The lowest BCUT2D eigenvalue weighted by Crippen LogP contribution is -2.33. The van der Waals surface area contributed by atoms with Gasteiger partial charge in [-0.25, -0.2) is 0 Å². The van der Waals surface area contributed by atoms with Crippen molar-refractivity contribution >= 4 is 51.1 Å². The molecule has 7 heteroatoms. The van der Waals surface area contributed by atoms with E-state index in [2.05, 4.69) is 10.3 Å². The molecule has 0 unspecified atom stereocenters. The quantitative estimate of drug-likeness (QED) is 0.944. The Labute approximate surface area is 130 Å². The zero-order chi connectivity index (χ0) is 14.8. The van der Waals surface area contributed by atoms with Gasteiger partial charge in [-0.2, -0.15) is 0 Å². The molecule has 1 fully saturated rings. The summed E-state index contributed by atoms with van der Waals surface area (Å²) < 4.78 is 0. The van der Waals surface area contributed by atoms with Crippen LogP contribution in [0.1, 0.15) is 0 Å². The highest BCUT2D eigenvalue weighted by Crippen LogP contribution is 2.26. The Kier molecular flexibility index (Phi) is 3.98. The molecular weight excluding hydrogens is 310 g/mol. The fraction of sp³-hybridized carbons (Fsp3) is 0.214. The third-order valence-electron chi connectivity index (χ3n) is 3.12. The molecule has 0 bridgehead atoms. The van der Waals surface area contributed by atoms with Gasteiger partial charge in [0.05, 0.1) is 11.2 Å². The first-order chi connectivity index (χ1) is 10.1. The Morgan fingerprint density at radius 1 is 1.48 bits per heavy atom. The Morgan fingerprint density at radius 3 is 3.10 bits per heavy atom.